The molecule has 2 heteroatoms. The summed E-state index contributed by atoms with van der Waals surface area (Å²) in [5, 5.41) is 2.79. The second-order valence-corrected chi connectivity index (χ2v) is 2.71. The molecule has 2 nitrogen and oxygen atoms in total. The van der Waals surface area contributed by atoms with Crippen LogP contribution >= 0.6 is 0 Å². The van der Waals surface area contributed by atoms with Crippen molar-refractivity contribution in [3.8, 4) is 0 Å². The minimum Gasteiger partial charge on any atom is -0.352 e. The summed E-state index contributed by atoms with van der Waals surface area (Å²) in [5.41, 5.74) is 1.67. The molecule has 1 aliphatic heterocycles. The molecule has 0 aromatic heterocycles. The van der Waals surface area contributed by atoms with Crippen molar-refractivity contribution < 1.29 is 4.79 Å². The summed E-state index contributed by atoms with van der Waals surface area (Å²) in [6.45, 7) is 16.0. The molecule has 0 spiro atoms. The van der Waals surface area contributed by atoms with E-state index in [0.29, 0.717) is 5.57 Å². The summed E-state index contributed by atoms with van der Waals surface area (Å²) >= 11 is 0. The van der Waals surface area contributed by atoms with Crippen molar-refractivity contribution in [3.05, 3.63) is 36.5 Å². The normalized spacial score (nSPS) is 14.4. The fourth-order valence-electron chi connectivity index (χ4n) is 1.29. The van der Waals surface area contributed by atoms with Crippen LogP contribution in [0.3, 0.4) is 0 Å². The van der Waals surface area contributed by atoms with Gasteiger partial charge in [-0.2, -0.15) is 0 Å². The van der Waals surface area contributed by atoms with E-state index < -0.39 is 0 Å². The molecular weight excluding hydrogens is 198 g/mol. The van der Waals surface area contributed by atoms with Gasteiger partial charge in [0, 0.05) is 12.1 Å². The van der Waals surface area contributed by atoms with Crippen LogP contribution in [0, 0.1) is 0 Å². The zero-order valence-electron chi connectivity index (χ0n) is 11.1. The van der Waals surface area contributed by atoms with Crippen LogP contribution in [-0.2, 0) is 4.79 Å². The van der Waals surface area contributed by atoms with Crippen molar-refractivity contribution in [1.29, 1.82) is 0 Å². The molecule has 0 unspecified atom stereocenters. The molecule has 0 saturated heterocycles. The lowest BCUT2D eigenvalue weighted by atomic mass is 10.0. The first kappa shape index (κ1) is 17.1. The predicted molar refractivity (Wildman–Crippen MR) is 72.4 cm³/mol. The van der Waals surface area contributed by atoms with Gasteiger partial charge in [-0.1, -0.05) is 53.0 Å². The summed E-state index contributed by atoms with van der Waals surface area (Å²) < 4.78 is 0. The number of hydrogen-bond donors (Lipinski definition) is 1. The van der Waals surface area contributed by atoms with Gasteiger partial charge in [0.05, 0.1) is 0 Å². The van der Waals surface area contributed by atoms with Crippen molar-refractivity contribution in [2.45, 2.75) is 40.5 Å². The van der Waals surface area contributed by atoms with Crippen molar-refractivity contribution in [2.24, 2.45) is 0 Å². The summed E-state index contributed by atoms with van der Waals surface area (Å²) in [6, 6.07) is 0. The Kier molecular flexibility index (Phi) is 12.6. The first-order valence-electron chi connectivity index (χ1n) is 6.06. The number of amides is 1. The Morgan fingerprint density at radius 1 is 1.12 bits per heavy atom. The number of nitrogens with one attached hydrogen (secondary N) is 1. The first-order chi connectivity index (χ1) is 7.79. The molecule has 1 aliphatic rings. The highest BCUT2D eigenvalue weighted by molar-refractivity contribution is 5.97. The lowest BCUT2D eigenvalue weighted by Crippen LogP contribution is -2.23. The minimum absolute atomic E-state index is 0.0302. The van der Waals surface area contributed by atoms with E-state index in [0.717, 1.165) is 25.0 Å². The molecule has 16 heavy (non-hydrogen) atoms. The van der Waals surface area contributed by atoms with E-state index >= 15 is 0 Å². The molecule has 0 aromatic rings. The highest BCUT2D eigenvalue weighted by Gasteiger charge is 2.13. The molecule has 1 amide bonds. The third-order valence-corrected chi connectivity index (χ3v) is 1.95. The second kappa shape index (κ2) is 11.8. The quantitative estimate of drug-likeness (QED) is 0.761. The van der Waals surface area contributed by atoms with E-state index in [1.807, 2.05) is 27.7 Å². The fourth-order valence-corrected chi connectivity index (χ4v) is 1.29. The number of rotatable bonds is 2. The maximum atomic E-state index is 11.3. The molecule has 0 radical (unpaired) electrons. The molecule has 0 bridgehead atoms. The predicted octanol–water partition coefficient (Wildman–Crippen LogP) is 3.62. The third-order valence-electron chi connectivity index (χ3n) is 1.95. The number of hydrogen-bond acceptors (Lipinski definition) is 1. The molecule has 1 N–H and O–H groups in total. The van der Waals surface area contributed by atoms with Crippen LogP contribution in [0.1, 0.15) is 40.5 Å². The first-order valence-corrected chi connectivity index (χ1v) is 6.06. The van der Waals surface area contributed by atoms with Gasteiger partial charge in [-0.05, 0) is 18.4 Å². The van der Waals surface area contributed by atoms with E-state index in [1.165, 1.54) is 0 Å². The average Bonchev–Trinajstić information content (AvgIpc) is 2.55. The average molecular weight is 223 g/mol. The van der Waals surface area contributed by atoms with Gasteiger partial charge in [-0.15, -0.1) is 0 Å². The van der Waals surface area contributed by atoms with Crippen LogP contribution in [-0.4, -0.2) is 12.5 Å². The Morgan fingerprint density at radius 3 is 2.12 bits per heavy atom. The summed E-state index contributed by atoms with van der Waals surface area (Å²) in [6.07, 6.45) is 5.22. The summed E-state index contributed by atoms with van der Waals surface area (Å²) in [7, 11) is 0. The van der Waals surface area contributed by atoms with Gasteiger partial charge in [-0.3, -0.25) is 4.79 Å². The number of carbonyl (C=O) groups is 1. The van der Waals surface area contributed by atoms with E-state index in [1.54, 1.807) is 12.2 Å². The van der Waals surface area contributed by atoms with Gasteiger partial charge < -0.3 is 5.32 Å². The van der Waals surface area contributed by atoms with Crippen molar-refractivity contribution in [2.75, 3.05) is 6.54 Å². The van der Waals surface area contributed by atoms with Crippen LogP contribution in [0.2, 0.25) is 0 Å². The Balaban J connectivity index is 0. The lowest BCUT2D eigenvalue weighted by molar-refractivity contribution is -0.117. The lowest BCUT2D eigenvalue weighted by Gasteiger charge is -2.01. The highest BCUT2D eigenvalue weighted by Crippen LogP contribution is 2.15. The van der Waals surface area contributed by atoms with E-state index in [4.69, 9.17) is 0 Å². The van der Waals surface area contributed by atoms with Crippen LogP contribution < -0.4 is 5.32 Å². The molecule has 0 fully saturated rings. The molecular formula is C14H25NO. The van der Waals surface area contributed by atoms with Crippen LogP contribution in [0.25, 0.3) is 0 Å². The van der Waals surface area contributed by atoms with Gasteiger partial charge in [-0.25, -0.2) is 0 Å². The van der Waals surface area contributed by atoms with Crippen molar-refractivity contribution >= 4 is 5.91 Å². The molecule has 0 aliphatic carbocycles. The van der Waals surface area contributed by atoms with Crippen molar-refractivity contribution in [3.63, 3.8) is 0 Å². The Bertz CT molecular complexity index is 251. The number of carbonyl (C=O) groups excluding carboxylic acids is 1. The minimum atomic E-state index is -0.0302. The monoisotopic (exact) mass is 223 g/mol. The fraction of sp³-hybridized carbons (Fsp3) is 0.500. The smallest absolute Gasteiger partial charge is 0.251 e. The van der Waals surface area contributed by atoms with Crippen LogP contribution in [0.5, 0.6) is 0 Å². The molecule has 0 atom stereocenters. The SMILES string of the molecule is C=CC1=C(C=C)C(=O)NCCC1.CC.CC. The topological polar surface area (TPSA) is 29.1 Å². The van der Waals surface area contributed by atoms with E-state index in [9.17, 15) is 4.79 Å². The zero-order valence-corrected chi connectivity index (χ0v) is 11.1. The van der Waals surface area contributed by atoms with E-state index in [2.05, 4.69) is 18.5 Å². The largest absolute Gasteiger partial charge is 0.352 e. The standard InChI is InChI=1S/C10H13NO.2C2H6/c1-3-8-6-5-7-11-10(12)9(8)4-2;2*1-2/h3-4H,1-2,5-7H2,(H,11,12);2*1-2H3. The van der Waals surface area contributed by atoms with Crippen LogP contribution in [0.15, 0.2) is 36.5 Å². The van der Waals surface area contributed by atoms with Gasteiger partial charge in [0.2, 0.25) is 0 Å². The molecule has 1 heterocycles. The zero-order chi connectivity index (χ0) is 13.0. The van der Waals surface area contributed by atoms with Gasteiger partial charge in [0.15, 0.2) is 0 Å². The third kappa shape index (κ3) is 5.54. The maximum Gasteiger partial charge on any atom is 0.251 e. The van der Waals surface area contributed by atoms with Crippen molar-refractivity contribution in [1.82, 2.24) is 5.32 Å². The Hall–Kier alpha value is -1.31. The molecule has 1 rings (SSSR count). The molecule has 0 saturated carbocycles. The Morgan fingerprint density at radius 2 is 1.69 bits per heavy atom. The van der Waals surface area contributed by atoms with E-state index in [-0.39, 0.29) is 5.91 Å². The van der Waals surface area contributed by atoms with Crippen LogP contribution in [0.4, 0.5) is 0 Å². The van der Waals surface area contributed by atoms with Gasteiger partial charge >= 0.3 is 0 Å². The highest BCUT2D eigenvalue weighted by atomic mass is 16.1. The number of allylic oxidation sites excluding steroid dienone is 2. The van der Waals surface area contributed by atoms with Gasteiger partial charge in [0.1, 0.15) is 0 Å². The summed E-state index contributed by atoms with van der Waals surface area (Å²) in [5.74, 6) is -0.0302. The second-order valence-electron chi connectivity index (χ2n) is 2.71. The van der Waals surface area contributed by atoms with Gasteiger partial charge in [0.25, 0.3) is 5.91 Å². The summed E-state index contributed by atoms with van der Waals surface area (Å²) in [4.78, 5) is 11.3. The maximum absolute atomic E-state index is 11.3. The molecule has 92 valence electrons. The molecule has 0 aromatic carbocycles. The Labute approximate surface area is 100 Å².